The number of carboxylic acids is 1. The Morgan fingerprint density at radius 2 is 1.89 bits per heavy atom. The fraction of sp³-hybridized carbons (Fsp3) is 0.500. The van der Waals surface area contributed by atoms with Gasteiger partial charge in [-0.2, -0.15) is 0 Å². The van der Waals surface area contributed by atoms with Crippen LogP contribution in [-0.2, 0) is 11.8 Å². The number of nitrogens with zero attached hydrogens (tertiary/aromatic N) is 2. The van der Waals surface area contributed by atoms with Crippen molar-refractivity contribution in [2.24, 2.45) is 17.7 Å². The maximum absolute atomic E-state index is 13.0. The van der Waals surface area contributed by atoms with Gasteiger partial charge < -0.3 is 9.84 Å². The second-order valence-corrected chi connectivity index (χ2v) is 10.6. The summed E-state index contributed by atoms with van der Waals surface area (Å²) in [5, 5.41) is 10.4. The Labute approximate surface area is 206 Å². The normalized spacial score (nSPS) is 25.6. The van der Waals surface area contributed by atoms with Crippen LogP contribution in [0.5, 0.6) is 5.75 Å². The summed E-state index contributed by atoms with van der Waals surface area (Å²) in [6.07, 6.45) is 5.57. The summed E-state index contributed by atoms with van der Waals surface area (Å²) in [6.45, 7) is 5.07. The zero-order valence-electron chi connectivity index (χ0n) is 20.6. The molecule has 1 aliphatic heterocycles. The first kappa shape index (κ1) is 23.8. The van der Waals surface area contributed by atoms with E-state index in [0.29, 0.717) is 24.1 Å². The number of methoxy groups -OCH3 is 1. The number of nitrogens with two attached hydrogens (primary N) is 1. The van der Waals surface area contributed by atoms with Gasteiger partial charge in [-0.1, -0.05) is 13.0 Å². The lowest BCUT2D eigenvalue weighted by molar-refractivity contribution is 0.0111. The van der Waals surface area contributed by atoms with E-state index in [4.69, 9.17) is 15.7 Å². The number of carboxylic acid groups (broad SMARTS) is 1. The summed E-state index contributed by atoms with van der Waals surface area (Å²) in [6, 6.07) is 12.9. The third-order valence-corrected chi connectivity index (χ3v) is 8.67. The highest BCUT2D eigenvalue weighted by Gasteiger charge is 2.51. The van der Waals surface area contributed by atoms with Gasteiger partial charge in [0, 0.05) is 30.1 Å². The molecule has 5 rings (SSSR count). The van der Waals surface area contributed by atoms with Gasteiger partial charge in [0.1, 0.15) is 5.75 Å². The van der Waals surface area contributed by atoms with Gasteiger partial charge in [-0.15, -0.1) is 0 Å². The maximum Gasteiger partial charge on any atom is 0.335 e. The first-order chi connectivity index (χ1) is 16.8. The Hall–Kier alpha value is -2.90. The van der Waals surface area contributed by atoms with E-state index in [1.165, 1.54) is 59.8 Å². The van der Waals surface area contributed by atoms with Gasteiger partial charge in [-0.25, -0.2) is 10.6 Å². The van der Waals surface area contributed by atoms with Gasteiger partial charge in [-0.3, -0.25) is 14.7 Å². The minimum atomic E-state index is -1.02. The first-order valence-electron chi connectivity index (χ1n) is 12.6. The van der Waals surface area contributed by atoms with Crippen molar-refractivity contribution in [3.05, 3.63) is 64.7 Å². The van der Waals surface area contributed by atoms with Crippen molar-refractivity contribution in [2.75, 3.05) is 26.7 Å². The van der Waals surface area contributed by atoms with Crippen molar-refractivity contribution in [3.63, 3.8) is 0 Å². The SMILES string of the molecule is COc1ccc2c(c1)[C@@]1(CCN(N)C(=O)c3ccc(C(=O)O)cc3)CCN(CC3CC3)[C@H](C2)[C@@H]1C. The van der Waals surface area contributed by atoms with Crippen LogP contribution >= 0.6 is 0 Å². The molecule has 2 aromatic carbocycles. The van der Waals surface area contributed by atoms with Gasteiger partial charge >= 0.3 is 5.97 Å². The number of hydrogen-bond donors (Lipinski definition) is 2. The zero-order chi connectivity index (χ0) is 24.7. The molecule has 35 heavy (non-hydrogen) atoms. The number of amides is 1. The number of benzene rings is 2. The molecule has 3 aliphatic rings. The molecule has 3 N–H and O–H groups in total. The lowest BCUT2D eigenvalue weighted by atomic mass is 9.56. The van der Waals surface area contributed by atoms with Crippen molar-refractivity contribution in [3.8, 4) is 5.75 Å². The van der Waals surface area contributed by atoms with Crippen molar-refractivity contribution >= 4 is 11.9 Å². The van der Waals surface area contributed by atoms with E-state index in [2.05, 4.69) is 30.0 Å². The highest BCUT2D eigenvalue weighted by atomic mass is 16.5. The molecule has 1 saturated heterocycles. The van der Waals surface area contributed by atoms with E-state index in [1.807, 2.05) is 0 Å². The molecule has 3 atom stereocenters. The lowest BCUT2D eigenvalue weighted by Gasteiger charge is -2.56. The molecule has 0 spiro atoms. The Balaban J connectivity index is 1.38. The second-order valence-electron chi connectivity index (χ2n) is 10.6. The molecule has 2 aliphatic carbocycles. The lowest BCUT2D eigenvalue weighted by Crippen LogP contribution is -2.60. The van der Waals surface area contributed by atoms with Crippen LogP contribution in [-0.4, -0.2) is 59.7 Å². The third kappa shape index (κ3) is 4.43. The number of aromatic carboxylic acids is 1. The minimum Gasteiger partial charge on any atom is -0.497 e. The van der Waals surface area contributed by atoms with Crippen LogP contribution < -0.4 is 10.6 Å². The van der Waals surface area contributed by atoms with Crippen LogP contribution in [0.25, 0.3) is 0 Å². The highest BCUT2D eigenvalue weighted by molar-refractivity contribution is 5.95. The number of likely N-dealkylation sites (tertiary alicyclic amines) is 1. The number of ether oxygens (including phenoxy) is 1. The molecule has 0 radical (unpaired) electrons. The standard InChI is InChI=1S/C28H35N3O4/c1-18-25-15-22-9-10-23(35-2)16-24(22)28(18,11-13-30(25)17-19-3-4-19)12-14-31(29)26(32)20-5-7-21(8-6-20)27(33)34/h5-10,16,18-19,25H,3-4,11-15,17,29H2,1-2H3,(H,33,34)/t18-,25+,28+/m0/s1. The van der Waals surface area contributed by atoms with E-state index in [9.17, 15) is 9.59 Å². The van der Waals surface area contributed by atoms with Crippen molar-refractivity contribution in [1.29, 1.82) is 0 Å². The second kappa shape index (κ2) is 9.28. The van der Waals surface area contributed by atoms with E-state index in [1.54, 1.807) is 7.11 Å². The first-order valence-corrected chi connectivity index (χ1v) is 12.6. The average molecular weight is 478 g/mol. The fourth-order valence-corrected chi connectivity index (χ4v) is 6.35. The Morgan fingerprint density at radius 1 is 1.17 bits per heavy atom. The summed E-state index contributed by atoms with van der Waals surface area (Å²) >= 11 is 0. The molecule has 7 nitrogen and oxygen atoms in total. The maximum atomic E-state index is 13.0. The molecule has 7 heteroatoms. The molecular formula is C28H35N3O4. The molecule has 2 aromatic rings. The predicted molar refractivity (Wildman–Crippen MR) is 133 cm³/mol. The summed E-state index contributed by atoms with van der Waals surface area (Å²) in [7, 11) is 1.71. The third-order valence-electron chi connectivity index (χ3n) is 8.67. The summed E-state index contributed by atoms with van der Waals surface area (Å²) in [4.78, 5) is 26.8. The van der Waals surface area contributed by atoms with Crippen LogP contribution in [0.3, 0.4) is 0 Å². The van der Waals surface area contributed by atoms with E-state index in [-0.39, 0.29) is 16.9 Å². The number of rotatable bonds is 8. The number of fused-ring (bicyclic) bond motifs is 4. The molecule has 2 bridgehead atoms. The van der Waals surface area contributed by atoms with Crippen LogP contribution in [0.4, 0.5) is 0 Å². The van der Waals surface area contributed by atoms with Gasteiger partial charge in [0.2, 0.25) is 0 Å². The molecule has 1 saturated carbocycles. The molecule has 186 valence electrons. The number of hydrogen-bond acceptors (Lipinski definition) is 5. The van der Waals surface area contributed by atoms with Crippen LogP contribution in [0.15, 0.2) is 42.5 Å². The van der Waals surface area contributed by atoms with Crippen molar-refractivity contribution in [2.45, 2.75) is 50.5 Å². The van der Waals surface area contributed by atoms with E-state index < -0.39 is 5.97 Å². The number of hydrazine groups is 1. The summed E-state index contributed by atoms with van der Waals surface area (Å²) < 4.78 is 5.59. The van der Waals surface area contributed by atoms with Gasteiger partial charge in [-0.05, 0) is 98.0 Å². The van der Waals surface area contributed by atoms with Crippen LogP contribution in [0.1, 0.15) is 64.4 Å². The number of carbonyl (C=O) groups excluding carboxylic acids is 1. The predicted octanol–water partition coefficient (Wildman–Crippen LogP) is 3.71. The topological polar surface area (TPSA) is 96.1 Å². The van der Waals surface area contributed by atoms with Gasteiger partial charge in [0.05, 0.1) is 12.7 Å². The molecule has 1 amide bonds. The smallest absolute Gasteiger partial charge is 0.335 e. The molecule has 0 aromatic heterocycles. The van der Waals surface area contributed by atoms with Crippen molar-refractivity contribution < 1.29 is 19.4 Å². The van der Waals surface area contributed by atoms with Crippen molar-refractivity contribution in [1.82, 2.24) is 9.91 Å². The summed E-state index contributed by atoms with van der Waals surface area (Å²) in [5.74, 6) is 7.14. The molecule has 2 fully saturated rings. The van der Waals surface area contributed by atoms with E-state index >= 15 is 0 Å². The van der Waals surface area contributed by atoms with Gasteiger partial charge in [0.15, 0.2) is 0 Å². The van der Waals surface area contributed by atoms with E-state index in [0.717, 1.165) is 37.5 Å². The molecular weight excluding hydrogens is 442 g/mol. The molecule has 0 unspecified atom stereocenters. The Bertz CT molecular complexity index is 1110. The quantitative estimate of drug-likeness (QED) is 0.342. The average Bonchev–Trinajstić information content (AvgIpc) is 3.69. The Morgan fingerprint density at radius 3 is 2.54 bits per heavy atom. The minimum absolute atomic E-state index is 0.0715. The zero-order valence-corrected chi connectivity index (χ0v) is 20.6. The highest BCUT2D eigenvalue weighted by Crippen LogP contribution is 2.52. The monoisotopic (exact) mass is 477 g/mol. The largest absolute Gasteiger partial charge is 0.497 e. The molecule has 1 heterocycles. The fourth-order valence-electron chi connectivity index (χ4n) is 6.35. The van der Waals surface area contributed by atoms with Crippen LogP contribution in [0, 0.1) is 11.8 Å². The van der Waals surface area contributed by atoms with Crippen LogP contribution in [0.2, 0.25) is 0 Å². The van der Waals surface area contributed by atoms with Gasteiger partial charge in [0.25, 0.3) is 5.91 Å². The number of piperidine rings is 1. The summed E-state index contributed by atoms with van der Waals surface area (Å²) in [5.41, 5.74) is 3.20. The number of carbonyl (C=O) groups is 2. The Kier molecular flexibility index (Phi) is 6.32.